The van der Waals surface area contributed by atoms with Crippen LogP contribution in [0.25, 0.3) is 10.9 Å². The standard InChI is InChI=1S/C14H17ClF2N2O/c15-14(16,17)13(20)6-8-18-7-5-10-9-19-12-4-2-1-3-11(10)12/h1-4,9,13,18-20H,5-8H2/t13-/m1/s1. The number of rotatable bonds is 7. The number of hydrogen-bond donors (Lipinski definition) is 3. The third-order valence-corrected chi connectivity index (χ3v) is 3.47. The van der Waals surface area contributed by atoms with Crippen molar-refractivity contribution in [2.75, 3.05) is 13.1 Å². The van der Waals surface area contributed by atoms with Crippen LogP contribution in [0.3, 0.4) is 0 Å². The monoisotopic (exact) mass is 302 g/mol. The highest BCUT2D eigenvalue weighted by atomic mass is 35.5. The van der Waals surface area contributed by atoms with Gasteiger partial charge in [-0.15, -0.1) is 0 Å². The van der Waals surface area contributed by atoms with E-state index in [4.69, 9.17) is 16.7 Å². The molecule has 0 fully saturated rings. The van der Waals surface area contributed by atoms with Crippen molar-refractivity contribution in [2.24, 2.45) is 0 Å². The molecule has 0 saturated carbocycles. The Bertz CT molecular complexity index is 553. The van der Waals surface area contributed by atoms with Gasteiger partial charge in [-0.25, -0.2) is 0 Å². The van der Waals surface area contributed by atoms with Gasteiger partial charge in [-0.1, -0.05) is 18.2 Å². The van der Waals surface area contributed by atoms with E-state index in [9.17, 15) is 8.78 Å². The van der Waals surface area contributed by atoms with Crippen LogP contribution in [0, 0.1) is 0 Å². The highest BCUT2D eigenvalue weighted by Gasteiger charge is 2.34. The zero-order valence-electron chi connectivity index (χ0n) is 10.9. The first kappa shape index (κ1) is 15.2. The molecule has 6 heteroatoms. The van der Waals surface area contributed by atoms with Gasteiger partial charge in [-0.05, 0) is 49.2 Å². The zero-order chi connectivity index (χ0) is 14.6. The minimum Gasteiger partial charge on any atom is -0.385 e. The molecule has 110 valence electrons. The van der Waals surface area contributed by atoms with Gasteiger partial charge in [0.15, 0.2) is 0 Å². The molecule has 3 nitrogen and oxygen atoms in total. The highest BCUT2D eigenvalue weighted by Crippen LogP contribution is 2.25. The van der Waals surface area contributed by atoms with Crippen LogP contribution in [0.1, 0.15) is 12.0 Å². The topological polar surface area (TPSA) is 48.0 Å². The summed E-state index contributed by atoms with van der Waals surface area (Å²) in [7, 11) is 0. The summed E-state index contributed by atoms with van der Waals surface area (Å²) in [4.78, 5) is 3.18. The van der Waals surface area contributed by atoms with Crippen molar-refractivity contribution in [1.29, 1.82) is 0 Å². The molecular formula is C14H17ClF2N2O. The summed E-state index contributed by atoms with van der Waals surface area (Å²) in [6, 6.07) is 7.99. The van der Waals surface area contributed by atoms with Gasteiger partial charge >= 0.3 is 5.38 Å². The molecule has 1 atom stereocenters. The molecule has 0 aliphatic rings. The molecule has 20 heavy (non-hydrogen) atoms. The van der Waals surface area contributed by atoms with Crippen LogP contribution in [0.15, 0.2) is 30.5 Å². The Balaban J connectivity index is 1.74. The molecule has 0 radical (unpaired) electrons. The summed E-state index contributed by atoms with van der Waals surface area (Å²) < 4.78 is 25.0. The second-order valence-electron chi connectivity index (χ2n) is 4.71. The lowest BCUT2D eigenvalue weighted by molar-refractivity contribution is -0.0438. The molecule has 2 rings (SSSR count). The van der Waals surface area contributed by atoms with Gasteiger partial charge in [0, 0.05) is 17.1 Å². The Labute approximate surface area is 120 Å². The number of benzene rings is 1. The van der Waals surface area contributed by atoms with Crippen LogP contribution in [-0.2, 0) is 6.42 Å². The number of aliphatic hydroxyl groups excluding tert-OH is 1. The van der Waals surface area contributed by atoms with Gasteiger partial charge in [0.1, 0.15) is 6.10 Å². The smallest absolute Gasteiger partial charge is 0.347 e. The average Bonchev–Trinajstić information content (AvgIpc) is 2.80. The molecule has 0 spiro atoms. The SMILES string of the molecule is O[C@H](CCNCCc1c[nH]c2ccccc12)C(F)(F)Cl. The summed E-state index contributed by atoms with van der Waals surface area (Å²) >= 11 is 4.73. The molecule has 1 aromatic carbocycles. The number of aromatic amines is 1. The largest absolute Gasteiger partial charge is 0.385 e. The third-order valence-electron chi connectivity index (χ3n) is 3.22. The summed E-state index contributed by atoms with van der Waals surface area (Å²) in [5.41, 5.74) is 2.26. The Kier molecular flexibility index (Phi) is 4.96. The summed E-state index contributed by atoms with van der Waals surface area (Å²) in [6.07, 6.45) is 0.848. The maximum absolute atomic E-state index is 12.5. The van der Waals surface area contributed by atoms with Crippen molar-refractivity contribution in [2.45, 2.75) is 24.3 Å². The van der Waals surface area contributed by atoms with E-state index in [2.05, 4.69) is 10.3 Å². The van der Waals surface area contributed by atoms with E-state index in [0.717, 1.165) is 11.9 Å². The molecule has 0 aliphatic carbocycles. The van der Waals surface area contributed by atoms with Gasteiger partial charge in [0.2, 0.25) is 0 Å². The van der Waals surface area contributed by atoms with E-state index in [1.54, 1.807) is 0 Å². The number of nitrogens with one attached hydrogen (secondary N) is 2. The maximum atomic E-state index is 12.5. The first-order valence-corrected chi connectivity index (χ1v) is 6.87. The fourth-order valence-corrected chi connectivity index (χ4v) is 2.20. The number of halogens is 3. The molecule has 1 aromatic heterocycles. The van der Waals surface area contributed by atoms with Crippen molar-refractivity contribution < 1.29 is 13.9 Å². The second-order valence-corrected chi connectivity index (χ2v) is 5.21. The van der Waals surface area contributed by atoms with Gasteiger partial charge in [0.25, 0.3) is 0 Å². The second kappa shape index (κ2) is 6.52. The first-order valence-electron chi connectivity index (χ1n) is 6.49. The van der Waals surface area contributed by atoms with E-state index in [-0.39, 0.29) is 6.42 Å². The minimum atomic E-state index is -3.56. The Hall–Kier alpha value is -1.17. The first-order chi connectivity index (χ1) is 9.48. The third kappa shape index (κ3) is 3.91. The number of fused-ring (bicyclic) bond motifs is 1. The number of para-hydroxylation sites is 1. The zero-order valence-corrected chi connectivity index (χ0v) is 11.6. The number of hydrogen-bond acceptors (Lipinski definition) is 2. The van der Waals surface area contributed by atoms with Crippen molar-refractivity contribution >= 4 is 22.5 Å². The van der Waals surface area contributed by atoms with Crippen molar-refractivity contribution in [3.63, 3.8) is 0 Å². The lowest BCUT2D eigenvalue weighted by Crippen LogP contribution is -2.31. The van der Waals surface area contributed by atoms with E-state index < -0.39 is 11.5 Å². The van der Waals surface area contributed by atoms with Crippen molar-refractivity contribution in [1.82, 2.24) is 10.3 Å². The van der Waals surface area contributed by atoms with Crippen LogP contribution in [-0.4, -0.2) is 34.7 Å². The fourth-order valence-electron chi connectivity index (χ4n) is 2.09. The maximum Gasteiger partial charge on any atom is 0.347 e. The summed E-state index contributed by atoms with van der Waals surface area (Å²) in [5, 5.41) is 9.72. The molecule has 3 N–H and O–H groups in total. The molecule has 0 aliphatic heterocycles. The van der Waals surface area contributed by atoms with E-state index in [1.165, 1.54) is 10.9 Å². The Morgan fingerprint density at radius 1 is 1.30 bits per heavy atom. The predicted molar refractivity (Wildman–Crippen MR) is 76.3 cm³/mol. The van der Waals surface area contributed by atoms with Gasteiger partial charge < -0.3 is 15.4 Å². The number of alkyl halides is 3. The normalized spacial score (nSPS) is 13.8. The molecule has 0 unspecified atom stereocenters. The van der Waals surface area contributed by atoms with Gasteiger partial charge in [-0.3, -0.25) is 0 Å². The van der Waals surface area contributed by atoms with Crippen LogP contribution < -0.4 is 5.32 Å². The molecular weight excluding hydrogens is 286 g/mol. The van der Waals surface area contributed by atoms with Crippen LogP contribution in [0.4, 0.5) is 8.78 Å². The van der Waals surface area contributed by atoms with E-state index in [0.29, 0.717) is 13.1 Å². The lowest BCUT2D eigenvalue weighted by Gasteiger charge is -2.15. The van der Waals surface area contributed by atoms with Gasteiger partial charge in [0.05, 0.1) is 0 Å². The fraction of sp³-hybridized carbons (Fsp3) is 0.429. The van der Waals surface area contributed by atoms with E-state index >= 15 is 0 Å². The van der Waals surface area contributed by atoms with Crippen LogP contribution in [0.5, 0.6) is 0 Å². The van der Waals surface area contributed by atoms with Crippen LogP contribution >= 0.6 is 11.6 Å². The summed E-state index contributed by atoms with van der Waals surface area (Å²) in [5.74, 6) is 0. The Morgan fingerprint density at radius 3 is 2.80 bits per heavy atom. The molecule has 0 bridgehead atoms. The number of aliphatic hydroxyl groups is 1. The highest BCUT2D eigenvalue weighted by molar-refractivity contribution is 6.22. The number of H-pyrrole nitrogens is 1. The van der Waals surface area contributed by atoms with Gasteiger partial charge in [-0.2, -0.15) is 8.78 Å². The lowest BCUT2D eigenvalue weighted by atomic mass is 10.1. The Morgan fingerprint density at radius 2 is 2.05 bits per heavy atom. The average molecular weight is 303 g/mol. The van der Waals surface area contributed by atoms with Crippen molar-refractivity contribution in [3.05, 3.63) is 36.0 Å². The number of aromatic nitrogens is 1. The summed E-state index contributed by atoms with van der Waals surface area (Å²) in [6.45, 7) is 0.953. The van der Waals surface area contributed by atoms with Crippen LogP contribution in [0.2, 0.25) is 0 Å². The minimum absolute atomic E-state index is 0.0790. The van der Waals surface area contributed by atoms with Crippen molar-refractivity contribution in [3.8, 4) is 0 Å². The predicted octanol–water partition coefficient (Wildman–Crippen LogP) is 2.88. The quantitative estimate of drug-likeness (QED) is 0.544. The molecule has 0 saturated heterocycles. The molecule has 1 heterocycles. The molecule has 0 amide bonds. The molecule has 2 aromatic rings. The van der Waals surface area contributed by atoms with E-state index in [1.807, 2.05) is 30.5 Å².